The zero-order chi connectivity index (χ0) is 24.2. The normalized spacial score (nSPS) is 27.3. The van der Waals surface area contributed by atoms with Gasteiger partial charge in [-0.05, 0) is 43.4 Å². The summed E-state index contributed by atoms with van der Waals surface area (Å²) in [5, 5.41) is 6.31. The maximum absolute atomic E-state index is 13.8. The molecule has 1 spiro atoms. The molecular weight excluding hydrogens is 432 g/mol. The van der Waals surface area contributed by atoms with Gasteiger partial charge in [-0.15, -0.1) is 0 Å². The molecule has 2 fully saturated rings. The molecule has 34 heavy (non-hydrogen) atoms. The second-order valence-corrected chi connectivity index (χ2v) is 9.52. The molecule has 0 bridgehead atoms. The number of fused-ring (bicyclic) bond motifs is 4. The van der Waals surface area contributed by atoms with E-state index in [2.05, 4.69) is 10.6 Å². The van der Waals surface area contributed by atoms with Crippen LogP contribution >= 0.6 is 0 Å². The van der Waals surface area contributed by atoms with Crippen molar-refractivity contribution in [3.63, 3.8) is 0 Å². The predicted molar refractivity (Wildman–Crippen MR) is 125 cm³/mol. The van der Waals surface area contributed by atoms with Crippen LogP contribution in [-0.2, 0) is 31.1 Å². The topological polar surface area (TPSA) is 122 Å². The molecule has 3 aliphatic rings. The Labute approximate surface area is 197 Å². The number of nitrogens with zero attached hydrogens (tertiary/aromatic N) is 1. The second kappa shape index (κ2) is 8.06. The number of carbonyl (C=O) groups is 4. The van der Waals surface area contributed by atoms with Crippen molar-refractivity contribution in [3.8, 4) is 0 Å². The summed E-state index contributed by atoms with van der Waals surface area (Å²) in [5.41, 5.74) is 8.38. The smallest absolute Gasteiger partial charge is 0.250 e. The second-order valence-electron chi connectivity index (χ2n) is 9.52. The number of carbonyl (C=O) groups excluding carboxylic acids is 4. The average molecular weight is 461 g/mol. The van der Waals surface area contributed by atoms with Crippen LogP contribution in [0.2, 0.25) is 0 Å². The highest BCUT2D eigenvalue weighted by Gasteiger charge is 2.70. The van der Waals surface area contributed by atoms with Crippen LogP contribution in [0.3, 0.4) is 0 Å². The summed E-state index contributed by atoms with van der Waals surface area (Å²) in [5.74, 6) is -3.08. The molecule has 2 aromatic rings. The lowest BCUT2D eigenvalue weighted by atomic mass is 9.76. The van der Waals surface area contributed by atoms with Gasteiger partial charge in [-0.3, -0.25) is 29.4 Å². The van der Waals surface area contributed by atoms with E-state index in [-0.39, 0.29) is 37.1 Å². The minimum Gasteiger partial charge on any atom is -0.370 e. The average Bonchev–Trinajstić information content (AvgIpc) is 3.39. The summed E-state index contributed by atoms with van der Waals surface area (Å²) in [7, 11) is 0. The number of nitrogens with one attached hydrogen (secondary N) is 2. The first kappa shape index (κ1) is 22.3. The lowest BCUT2D eigenvalue weighted by molar-refractivity contribution is -0.142. The fourth-order valence-corrected chi connectivity index (χ4v) is 5.83. The summed E-state index contributed by atoms with van der Waals surface area (Å²) >= 11 is 0. The van der Waals surface area contributed by atoms with E-state index in [0.29, 0.717) is 17.7 Å². The van der Waals surface area contributed by atoms with Crippen molar-refractivity contribution in [3.05, 3.63) is 64.7 Å². The quantitative estimate of drug-likeness (QED) is 0.565. The van der Waals surface area contributed by atoms with Gasteiger partial charge in [0.25, 0.3) is 0 Å². The predicted octanol–water partition coefficient (Wildman–Crippen LogP) is 1.53. The Balaban J connectivity index is 1.55. The molecule has 3 aliphatic heterocycles. The van der Waals surface area contributed by atoms with Crippen molar-refractivity contribution in [2.75, 3.05) is 11.9 Å². The molecule has 4 N–H and O–H groups in total. The van der Waals surface area contributed by atoms with E-state index < -0.39 is 29.3 Å². The van der Waals surface area contributed by atoms with Gasteiger partial charge in [0, 0.05) is 30.3 Å². The lowest BCUT2D eigenvalue weighted by Gasteiger charge is -2.29. The first-order valence-electron chi connectivity index (χ1n) is 11.6. The maximum Gasteiger partial charge on any atom is 0.250 e. The van der Waals surface area contributed by atoms with E-state index in [9.17, 15) is 19.2 Å². The van der Waals surface area contributed by atoms with Crippen molar-refractivity contribution < 1.29 is 19.2 Å². The number of likely N-dealkylation sites (tertiary alicyclic amines) is 1. The van der Waals surface area contributed by atoms with E-state index in [1.54, 1.807) is 0 Å². The van der Waals surface area contributed by atoms with Crippen LogP contribution in [0.1, 0.15) is 35.1 Å². The Morgan fingerprint density at radius 3 is 2.50 bits per heavy atom. The first-order chi connectivity index (χ1) is 16.3. The Hall–Kier alpha value is -3.52. The molecule has 0 aliphatic carbocycles. The van der Waals surface area contributed by atoms with Crippen molar-refractivity contribution in [1.82, 2.24) is 10.2 Å². The third kappa shape index (κ3) is 3.16. The SMILES string of the molecule is Cc1ccc2c(c1C)NC(=O)[C@@]21N[C@H](CCC(N)=O)[C@H]2C(=O)N(CCc3ccccc3)C(=O)[C@H]21. The fourth-order valence-electron chi connectivity index (χ4n) is 5.83. The molecule has 8 heteroatoms. The molecule has 2 saturated heterocycles. The van der Waals surface area contributed by atoms with Crippen molar-refractivity contribution in [2.24, 2.45) is 17.6 Å². The van der Waals surface area contributed by atoms with Crippen molar-refractivity contribution in [2.45, 2.75) is 44.7 Å². The summed E-state index contributed by atoms with van der Waals surface area (Å²) in [4.78, 5) is 53.7. The lowest BCUT2D eigenvalue weighted by Crippen LogP contribution is -2.53. The Morgan fingerprint density at radius 1 is 1.06 bits per heavy atom. The van der Waals surface area contributed by atoms with Gasteiger partial charge in [0.1, 0.15) is 5.54 Å². The highest BCUT2D eigenvalue weighted by atomic mass is 16.2. The third-order valence-corrected chi connectivity index (χ3v) is 7.68. The molecule has 0 aromatic heterocycles. The number of aryl methyl sites for hydroxylation is 1. The zero-order valence-electron chi connectivity index (χ0n) is 19.3. The van der Waals surface area contributed by atoms with E-state index in [1.165, 1.54) is 4.90 Å². The molecule has 3 heterocycles. The standard InChI is InChI=1S/C26H28N4O4/c1-14-8-9-17-22(15(14)2)28-25(34)26(17)21-20(18(29-26)10-11-19(27)31)23(32)30(24(21)33)13-12-16-6-4-3-5-7-16/h3-9,18,20-21,29H,10-13H2,1-2H3,(H2,27,31)(H,28,34)/t18-,20-,21+,26-/m1/s1. The van der Waals surface area contributed by atoms with Crippen LogP contribution in [0.25, 0.3) is 0 Å². The van der Waals surface area contributed by atoms with Gasteiger partial charge in [-0.2, -0.15) is 0 Å². The van der Waals surface area contributed by atoms with Crippen LogP contribution < -0.4 is 16.4 Å². The fraction of sp³-hybridized carbons (Fsp3) is 0.385. The molecule has 2 aromatic carbocycles. The molecule has 5 rings (SSSR count). The molecule has 0 saturated carbocycles. The molecule has 0 unspecified atom stereocenters. The Kier molecular flexibility index (Phi) is 5.28. The van der Waals surface area contributed by atoms with E-state index in [0.717, 1.165) is 16.7 Å². The molecule has 0 radical (unpaired) electrons. The number of anilines is 1. The highest BCUT2D eigenvalue weighted by molar-refractivity contribution is 6.15. The molecule has 4 amide bonds. The summed E-state index contributed by atoms with van der Waals surface area (Å²) in [6.07, 6.45) is 0.867. The third-order valence-electron chi connectivity index (χ3n) is 7.68. The number of nitrogens with two attached hydrogens (primary N) is 1. The van der Waals surface area contributed by atoms with Gasteiger partial charge in [0.05, 0.1) is 11.8 Å². The summed E-state index contributed by atoms with van der Waals surface area (Å²) < 4.78 is 0. The molecule has 176 valence electrons. The van der Waals surface area contributed by atoms with Gasteiger partial charge in [0.2, 0.25) is 23.6 Å². The van der Waals surface area contributed by atoms with Crippen LogP contribution in [-0.4, -0.2) is 41.1 Å². The van der Waals surface area contributed by atoms with Crippen LogP contribution in [0.15, 0.2) is 42.5 Å². The molecule has 8 nitrogen and oxygen atoms in total. The monoisotopic (exact) mass is 460 g/mol. The van der Waals surface area contributed by atoms with Crippen LogP contribution in [0, 0.1) is 25.7 Å². The number of amides is 4. The van der Waals surface area contributed by atoms with Crippen LogP contribution in [0.5, 0.6) is 0 Å². The molecular formula is C26H28N4O4. The number of imide groups is 1. The number of hydrogen-bond acceptors (Lipinski definition) is 5. The summed E-state index contributed by atoms with van der Waals surface area (Å²) in [6, 6.07) is 12.9. The van der Waals surface area contributed by atoms with Crippen molar-refractivity contribution in [1.29, 1.82) is 0 Å². The minimum atomic E-state index is -1.35. The van der Waals surface area contributed by atoms with E-state index >= 15 is 0 Å². The summed E-state index contributed by atoms with van der Waals surface area (Å²) in [6.45, 7) is 4.13. The van der Waals surface area contributed by atoms with Gasteiger partial charge < -0.3 is 11.1 Å². The first-order valence-corrected chi connectivity index (χ1v) is 11.6. The van der Waals surface area contributed by atoms with Gasteiger partial charge >= 0.3 is 0 Å². The minimum absolute atomic E-state index is 0.0594. The highest BCUT2D eigenvalue weighted by Crippen LogP contribution is 2.54. The zero-order valence-corrected chi connectivity index (χ0v) is 19.3. The van der Waals surface area contributed by atoms with Gasteiger partial charge in [0.15, 0.2) is 0 Å². The number of rotatable bonds is 6. The van der Waals surface area contributed by atoms with E-state index in [4.69, 9.17) is 5.73 Å². The number of primary amides is 1. The van der Waals surface area contributed by atoms with Gasteiger partial charge in [-0.1, -0.05) is 42.5 Å². The van der Waals surface area contributed by atoms with Crippen LogP contribution in [0.4, 0.5) is 5.69 Å². The number of benzene rings is 2. The van der Waals surface area contributed by atoms with Crippen molar-refractivity contribution >= 4 is 29.3 Å². The Bertz CT molecular complexity index is 1210. The van der Waals surface area contributed by atoms with Gasteiger partial charge in [-0.25, -0.2) is 0 Å². The number of hydrogen-bond donors (Lipinski definition) is 3. The maximum atomic E-state index is 13.8. The Morgan fingerprint density at radius 2 is 1.79 bits per heavy atom. The molecule has 4 atom stereocenters. The largest absolute Gasteiger partial charge is 0.370 e. The van der Waals surface area contributed by atoms with E-state index in [1.807, 2.05) is 56.3 Å².